The van der Waals surface area contributed by atoms with E-state index in [1.54, 1.807) is 7.11 Å². The number of rotatable bonds is 4. The number of allylic oxidation sites excluding steroid dienone is 1. The van der Waals surface area contributed by atoms with Gasteiger partial charge < -0.3 is 4.74 Å². The first kappa shape index (κ1) is 12.9. The monoisotopic (exact) mass is 243 g/mol. The van der Waals surface area contributed by atoms with Crippen molar-refractivity contribution in [2.24, 2.45) is 0 Å². The van der Waals surface area contributed by atoms with Crippen LogP contribution in [-0.4, -0.2) is 31.6 Å². The predicted molar refractivity (Wildman–Crippen MR) is 76.8 cm³/mol. The van der Waals surface area contributed by atoms with Crippen LogP contribution in [0.1, 0.15) is 18.9 Å². The van der Waals surface area contributed by atoms with Gasteiger partial charge in [-0.3, -0.25) is 4.90 Å². The Bertz CT molecular complexity index is 431. The molecule has 0 bridgehead atoms. The van der Waals surface area contributed by atoms with Gasteiger partial charge in [0.1, 0.15) is 5.75 Å². The van der Waals surface area contributed by atoms with Crippen molar-refractivity contribution in [2.75, 3.05) is 26.7 Å². The summed E-state index contributed by atoms with van der Waals surface area (Å²) in [6, 6.07) is 8.15. The van der Waals surface area contributed by atoms with E-state index in [-0.39, 0.29) is 0 Å². The highest BCUT2D eigenvalue weighted by Gasteiger charge is 2.07. The molecule has 1 heterocycles. The average Bonchev–Trinajstić information content (AvgIpc) is 2.46. The predicted octanol–water partition coefficient (Wildman–Crippen LogP) is 3.36. The summed E-state index contributed by atoms with van der Waals surface area (Å²) in [6.45, 7) is 5.62. The molecule has 0 aliphatic carbocycles. The lowest BCUT2D eigenvalue weighted by Gasteiger charge is -2.23. The topological polar surface area (TPSA) is 12.5 Å². The molecule has 0 atom stereocenters. The number of hydrogen-bond acceptors (Lipinski definition) is 2. The smallest absolute Gasteiger partial charge is 0.118 e. The Balaban J connectivity index is 1.96. The number of ether oxygens (including phenoxy) is 1. The molecule has 2 nitrogen and oxygen atoms in total. The minimum absolute atomic E-state index is 0.905. The molecule has 1 aliphatic rings. The van der Waals surface area contributed by atoms with Gasteiger partial charge in [0.2, 0.25) is 0 Å². The maximum absolute atomic E-state index is 5.15. The lowest BCUT2D eigenvalue weighted by molar-refractivity contribution is 0.312. The second-order valence-corrected chi connectivity index (χ2v) is 4.53. The van der Waals surface area contributed by atoms with Crippen LogP contribution < -0.4 is 4.74 Å². The summed E-state index contributed by atoms with van der Waals surface area (Å²) < 4.78 is 5.15. The Kier molecular flexibility index (Phi) is 4.59. The van der Waals surface area contributed by atoms with Gasteiger partial charge in [0.25, 0.3) is 0 Å². The molecule has 0 fully saturated rings. The second-order valence-electron chi connectivity index (χ2n) is 4.53. The molecular weight excluding hydrogens is 222 g/mol. The van der Waals surface area contributed by atoms with Crippen LogP contribution in [0.5, 0.6) is 5.75 Å². The molecule has 1 aromatic rings. The Morgan fingerprint density at radius 2 is 2.00 bits per heavy atom. The van der Waals surface area contributed by atoms with Gasteiger partial charge in [0.05, 0.1) is 7.11 Å². The van der Waals surface area contributed by atoms with Gasteiger partial charge in [0, 0.05) is 13.1 Å². The van der Waals surface area contributed by atoms with Crippen LogP contribution in [0.4, 0.5) is 0 Å². The maximum Gasteiger partial charge on any atom is 0.118 e. The Morgan fingerprint density at radius 3 is 2.56 bits per heavy atom. The largest absolute Gasteiger partial charge is 0.497 e. The van der Waals surface area contributed by atoms with Crippen LogP contribution in [0.15, 0.2) is 42.0 Å². The molecule has 0 aromatic heterocycles. The highest BCUT2D eigenvalue weighted by Crippen LogP contribution is 2.16. The van der Waals surface area contributed by atoms with Crippen LogP contribution in [0.25, 0.3) is 6.08 Å². The number of benzene rings is 1. The van der Waals surface area contributed by atoms with E-state index in [9.17, 15) is 0 Å². The van der Waals surface area contributed by atoms with Crippen LogP contribution in [0.2, 0.25) is 0 Å². The zero-order valence-electron chi connectivity index (χ0n) is 11.2. The molecule has 0 saturated heterocycles. The van der Waals surface area contributed by atoms with E-state index in [2.05, 4.69) is 42.2 Å². The van der Waals surface area contributed by atoms with Crippen molar-refractivity contribution in [1.82, 2.24) is 4.90 Å². The van der Waals surface area contributed by atoms with Gasteiger partial charge >= 0.3 is 0 Å². The Labute approximate surface area is 110 Å². The van der Waals surface area contributed by atoms with E-state index in [4.69, 9.17) is 4.74 Å². The van der Waals surface area contributed by atoms with Crippen molar-refractivity contribution >= 4 is 6.08 Å². The molecule has 0 unspecified atom stereocenters. The summed E-state index contributed by atoms with van der Waals surface area (Å²) in [5.74, 6) is 0.905. The standard InChI is InChI=1S/C16H21NO/c1-3-17-12-10-15(11-13-17)5-4-14-6-8-16(18-2)9-7-14/h4-10H,3,11-13H2,1-2H3. The first-order chi connectivity index (χ1) is 8.81. The third kappa shape index (κ3) is 3.47. The summed E-state index contributed by atoms with van der Waals surface area (Å²) in [6.07, 6.45) is 7.88. The zero-order valence-corrected chi connectivity index (χ0v) is 11.2. The first-order valence-corrected chi connectivity index (χ1v) is 6.55. The molecular formula is C16H21NO. The average molecular weight is 243 g/mol. The van der Waals surface area contributed by atoms with Crippen LogP contribution in [0, 0.1) is 0 Å². The van der Waals surface area contributed by atoms with E-state index >= 15 is 0 Å². The second kappa shape index (κ2) is 6.41. The van der Waals surface area contributed by atoms with Crippen LogP contribution in [0.3, 0.4) is 0 Å². The number of methoxy groups -OCH3 is 1. The van der Waals surface area contributed by atoms with E-state index in [1.165, 1.54) is 17.7 Å². The fourth-order valence-corrected chi connectivity index (χ4v) is 2.08. The molecule has 0 radical (unpaired) electrons. The molecule has 0 spiro atoms. The van der Waals surface area contributed by atoms with Crippen molar-refractivity contribution in [1.29, 1.82) is 0 Å². The summed E-state index contributed by atoms with van der Waals surface area (Å²) in [5, 5.41) is 0. The van der Waals surface area contributed by atoms with Gasteiger partial charge in [-0.15, -0.1) is 0 Å². The number of hydrogen-bond donors (Lipinski definition) is 0. The molecule has 0 N–H and O–H groups in total. The number of nitrogens with zero attached hydrogens (tertiary/aromatic N) is 1. The first-order valence-electron chi connectivity index (χ1n) is 6.55. The van der Waals surface area contributed by atoms with Crippen molar-refractivity contribution < 1.29 is 4.74 Å². The minimum Gasteiger partial charge on any atom is -0.497 e. The third-order valence-electron chi connectivity index (χ3n) is 3.38. The molecule has 18 heavy (non-hydrogen) atoms. The zero-order chi connectivity index (χ0) is 12.8. The highest BCUT2D eigenvalue weighted by molar-refractivity contribution is 5.54. The normalized spacial score (nSPS) is 16.9. The molecule has 0 saturated carbocycles. The summed E-state index contributed by atoms with van der Waals surface area (Å²) in [4.78, 5) is 2.45. The van der Waals surface area contributed by atoms with Crippen molar-refractivity contribution in [2.45, 2.75) is 13.3 Å². The van der Waals surface area contributed by atoms with Crippen LogP contribution in [-0.2, 0) is 0 Å². The van der Waals surface area contributed by atoms with Gasteiger partial charge in [-0.05, 0) is 36.2 Å². The van der Waals surface area contributed by atoms with E-state index in [0.29, 0.717) is 0 Å². The van der Waals surface area contributed by atoms with Gasteiger partial charge in [-0.2, -0.15) is 0 Å². The lowest BCUT2D eigenvalue weighted by Crippen LogP contribution is -2.27. The fourth-order valence-electron chi connectivity index (χ4n) is 2.08. The molecule has 0 amide bonds. The SMILES string of the molecule is CCN1CC=C(C=Cc2ccc(OC)cc2)CC1. The summed E-state index contributed by atoms with van der Waals surface area (Å²) in [5.41, 5.74) is 2.66. The van der Waals surface area contributed by atoms with Gasteiger partial charge in [-0.1, -0.05) is 37.3 Å². The van der Waals surface area contributed by atoms with Crippen molar-refractivity contribution in [3.05, 3.63) is 47.6 Å². The van der Waals surface area contributed by atoms with E-state index < -0.39 is 0 Å². The van der Waals surface area contributed by atoms with Crippen LogP contribution >= 0.6 is 0 Å². The molecule has 1 aromatic carbocycles. The summed E-state index contributed by atoms with van der Waals surface area (Å²) >= 11 is 0. The number of likely N-dealkylation sites (N-methyl/N-ethyl adjacent to an activating group) is 1. The molecule has 1 aliphatic heterocycles. The molecule has 96 valence electrons. The molecule has 2 heteroatoms. The van der Waals surface area contributed by atoms with E-state index in [1.807, 2.05) is 12.1 Å². The molecule has 2 rings (SSSR count). The van der Waals surface area contributed by atoms with Gasteiger partial charge in [0.15, 0.2) is 0 Å². The maximum atomic E-state index is 5.15. The quantitative estimate of drug-likeness (QED) is 0.804. The minimum atomic E-state index is 0.905. The summed E-state index contributed by atoms with van der Waals surface area (Å²) in [7, 11) is 1.69. The highest BCUT2D eigenvalue weighted by atomic mass is 16.5. The van der Waals surface area contributed by atoms with Crippen molar-refractivity contribution in [3.8, 4) is 5.75 Å². The third-order valence-corrected chi connectivity index (χ3v) is 3.38. The fraction of sp³-hybridized carbons (Fsp3) is 0.375. The Morgan fingerprint density at radius 1 is 1.22 bits per heavy atom. The lowest BCUT2D eigenvalue weighted by atomic mass is 10.1. The Hall–Kier alpha value is -1.54. The van der Waals surface area contributed by atoms with Gasteiger partial charge in [-0.25, -0.2) is 0 Å². The van der Waals surface area contributed by atoms with E-state index in [0.717, 1.165) is 25.3 Å². The van der Waals surface area contributed by atoms with Crippen molar-refractivity contribution in [3.63, 3.8) is 0 Å².